The van der Waals surface area contributed by atoms with Gasteiger partial charge in [0.1, 0.15) is 5.56 Å². The van der Waals surface area contributed by atoms with Crippen LogP contribution in [0, 0.1) is 10.1 Å². The molecule has 1 heterocycles. The van der Waals surface area contributed by atoms with Gasteiger partial charge in [0.25, 0.3) is 5.69 Å². The number of nitrogens with one attached hydrogen (secondary N) is 1. The lowest BCUT2D eigenvalue weighted by atomic mass is 10.1. The Labute approximate surface area is 155 Å². The number of nitrogens with zero attached hydrogens (tertiary/aromatic N) is 3. The number of esters is 1. The van der Waals surface area contributed by atoms with Crippen molar-refractivity contribution in [1.82, 2.24) is 9.78 Å². The number of hydrogen-bond donors (Lipinski definition) is 1. The average Bonchev–Trinajstić information content (AvgIpc) is 3.16. The van der Waals surface area contributed by atoms with Crippen LogP contribution in [0.5, 0.6) is 0 Å². The quantitative estimate of drug-likeness (QED) is 0.391. The van der Waals surface area contributed by atoms with Crippen molar-refractivity contribution in [2.75, 3.05) is 19.0 Å². The van der Waals surface area contributed by atoms with Gasteiger partial charge < -0.3 is 10.1 Å². The van der Waals surface area contributed by atoms with E-state index in [9.17, 15) is 14.9 Å². The number of ether oxygens (including phenoxy) is 1. The molecular weight excluding hydrogens is 348 g/mol. The van der Waals surface area contributed by atoms with E-state index in [2.05, 4.69) is 15.2 Å². The Balaban J connectivity index is 1.65. The first-order valence-corrected chi connectivity index (χ1v) is 8.28. The summed E-state index contributed by atoms with van der Waals surface area (Å²) in [6, 6.07) is 14.1. The second-order valence-corrected chi connectivity index (χ2v) is 5.79. The number of aromatic nitrogens is 2. The van der Waals surface area contributed by atoms with Gasteiger partial charge in [-0.05, 0) is 36.2 Å². The van der Waals surface area contributed by atoms with E-state index in [0.717, 1.165) is 11.3 Å². The molecule has 0 saturated heterocycles. The van der Waals surface area contributed by atoms with Crippen molar-refractivity contribution in [1.29, 1.82) is 0 Å². The third-order valence-electron chi connectivity index (χ3n) is 4.00. The van der Waals surface area contributed by atoms with Crippen LogP contribution in [-0.4, -0.2) is 34.3 Å². The molecule has 0 unspecified atom stereocenters. The molecule has 27 heavy (non-hydrogen) atoms. The van der Waals surface area contributed by atoms with E-state index in [1.807, 2.05) is 36.5 Å². The Morgan fingerprint density at radius 1 is 1.26 bits per heavy atom. The molecule has 0 fully saturated rings. The van der Waals surface area contributed by atoms with Crippen molar-refractivity contribution in [3.05, 3.63) is 82.2 Å². The first-order valence-electron chi connectivity index (χ1n) is 8.28. The number of carbonyl (C=O) groups excluding carboxylic acids is 1. The SMILES string of the molecule is COC(=O)c1cc(NCCc2cnn(-c3ccccc3)c2)ccc1[N+](=O)[O-]. The third-order valence-corrected chi connectivity index (χ3v) is 4.00. The number of methoxy groups -OCH3 is 1. The maximum atomic E-state index is 11.8. The monoisotopic (exact) mass is 366 g/mol. The minimum Gasteiger partial charge on any atom is -0.465 e. The minimum atomic E-state index is -0.741. The van der Waals surface area contributed by atoms with E-state index in [1.54, 1.807) is 16.9 Å². The second kappa shape index (κ2) is 8.13. The predicted molar refractivity (Wildman–Crippen MR) is 100 cm³/mol. The fourth-order valence-corrected chi connectivity index (χ4v) is 2.64. The Morgan fingerprint density at radius 2 is 2.04 bits per heavy atom. The van der Waals surface area contributed by atoms with Crippen LogP contribution in [0.25, 0.3) is 5.69 Å². The summed E-state index contributed by atoms with van der Waals surface area (Å²) in [6.07, 6.45) is 4.45. The maximum absolute atomic E-state index is 11.8. The van der Waals surface area contributed by atoms with E-state index < -0.39 is 10.9 Å². The summed E-state index contributed by atoms with van der Waals surface area (Å²) in [5.41, 5.74) is 2.27. The summed E-state index contributed by atoms with van der Waals surface area (Å²) in [5.74, 6) is -0.741. The molecule has 1 aromatic heterocycles. The fourth-order valence-electron chi connectivity index (χ4n) is 2.64. The lowest BCUT2D eigenvalue weighted by Crippen LogP contribution is -2.09. The Hall–Kier alpha value is -3.68. The van der Waals surface area contributed by atoms with E-state index in [0.29, 0.717) is 18.7 Å². The highest BCUT2D eigenvalue weighted by molar-refractivity contribution is 5.95. The smallest absolute Gasteiger partial charge is 0.344 e. The number of para-hydroxylation sites is 1. The van der Waals surface area contributed by atoms with E-state index >= 15 is 0 Å². The van der Waals surface area contributed by atoms with E-state index in [1.165, 1.54) is 19.2 Å². The van der Waals surface area contributed by atoms with Crippen LogP contribution in [0.4, 0.5) is 11.4 Å². The fraction of sp³-hybridized carbons (Fsp3) is 0.158. The van der Waals surface area contributed by atoms with Crippen LogP contribution in [-0.2, 0) is 11.2 Å². The number of anilines is 1. The van der Waals surface area contributed by atoms with Gasteiger partial charge in [-0.2, -0.15) is 5.10 Å². The van der Waals surface area contributed by atoms with Crippen molar-refractivity contribution in [2.24, 2.45) is 0 Å². The van der Waals surface area contributed by atoms with Gasteiger partial charge in [-0.25, -0.2) is 9.48 Å². The highest BCUT2D eigenvalue weighted by atomic mass is 16.6. The normalized spacial score (nSPS) is 10.4. The molecule has 0 radical (unpaired) electrons. The molecule has 0 atom stereocenters. The predicted octanol–water partition coefficient (Wildman–Crippen LogP) is 3.22. The zero-order valence-corrected chi connectivity index (χ0v) is 14.7. The molecule has 0 amide bonds. The molecule has 0 aliphatic rings. The molecule has 3 rings (SSSR count). The van der Waals surface area contributed by atoms with Gasteiger partial charge in [0.15, 0.2) is 0 Å². The lowest BCUT2D eigenvalue weighted by Gasteiger charge is -2.08. The summed E-state index contributed by atoms with van der Waals surface area (Å²) < 4.78 is 6.42. The molecule has 3 aromatic rings. The highest BCUT2D eigenvalue weighted by Crippen LogP contribution is 2.23. The number of rotatable bonds is 7. The first kappa shape index (κ1) is 18.1. The van der Waals surface area contributed by atoms with Crippen molar-refractivity contribution >= 4 is 17.3 Å². The molecule has 8 heteroatoms. The van der Waals surface area contributed by atoms with Gasteiger partial charge in [-0.1, -0.05) is 18.2 Å². The van der Waals surface area contributed by atoms with Crippen molar-refractivity contribution in [2.45, 2.75) is 6.42 Å². The van der Waals surface area contributed by atoms with Crippen LogP contribution >= 0.6 is 0 Å². The number of nitro groups is 1. The summed E-state index contributed by atoms with van der Waals surface area (Å²) in [5, 5.41) is 18.5. The van der Waals surface area contributed by atoms with Crippen molar-refractivity contribution < 1.29 is 14.5 Å². The highest BCUT2D eigenvalue weighted by Gasteiger charge is 2.21. The molecule has 0 saturated carbocycles. The van der Waals surface area contributed by atoms with Crippen molar-refractivity contribution in [3.8, 4) is 5.69 Å². The number of nitro benzene ring substituents is 1. The molecule has 0 aliphatic heterocycles. The summed E-state index contributed by atoms with van der Waals surface area (Å²) in [4.78, 5) is 22.2. The van der Waals surface area contributed by atoms with Crippen LogP contribution in [0.1, 0.15) is 15.9 Å². The Kier molecular flexibility index (Phi) is 5.46. The van der Waals surface area contributed by atoms with Crippen LogP contribution in [0.2, 0.25) is 0 Å². The molecule has 0 spiro atoms. The zero-order chi connectivity index (χ0) is 19.2. The largest absolute Gasteiger partial charge is 0.465 e. The maximum Gasteiger partial charge on any atom is 0.344 e. The number of carbonyl (C=O) groups is 1. The van der Waals surface area contributed by atoms with Gasteiger partial charge >= 0.3 is 5.97 Å². The second-order valence-electron chi connectivity index (χ2n) is 5.79. The van der Waals surface area contributed by atoms with Crippen LogP contribution in [0.15, 0.2) is 60.9 Å². The standard InChI is InChI=1S/C19H18N4O4/c1-27-19(24)17-11-15(7-8-18(17)23(25)26)20-10-9-14-12-21-22(13-14)16-5-3-2-4-6-16/h2-8,11-13,20H,9-10H2,1H3. The van der Waals surface area contributed by atoms with Crippen molar-refractivity contribution in [3.63, 3.8) is 0 Å². The number of hydrogen-bond acceptors (Lipinski definition) is 6. The Bertz CT molecular complexity index is 953. The van der Waals surface area contributed by atoms with Gasteiger partial charge in [0.2, 0.25) is 0 Å². The van der Waals surface area contributed by atoms with Crippen LogP contribution < -0.4 is 5.32 Å². The van der Waals surface area contributed by atoms with Gasteiger partial charge in [0.05, 0.1) is 23.9 Å². The van der Waals surface area contributed by atoms with E-state index in [-0.39, 0.29) is 11.3 Å². The summed E-state index contributed by atoms with van der Waals surface area (Å²) >= 11 is 0. The minimum absolute atomic E-state index is 0.0793. The first-order chi connectivity index (χ1) is 13.1. The average molecular weight is 366 g/mol. The molecule has 1 N–H and O–H groups in total. The summed E-state index contributed by atoms with van der Waals surface area (Å²) in [6.45, 7) is 0.582. The molecule has 0 aliphatic carbocycles. The molecule has 0 bridgehead atoms. The topological polar surface area (TPSA) is 99.3 Å². The molecular formula is C19H18N4O4. The lowest BCUT2D eigenvalue weighted by molar-refractivity contribution is -0.385. The Morgan fingerprint density at radius 3 is 2.74 bits per heavy atom. The van der Waals surface area contributed by atoms with Crippen LogP contribution in [0.3, 0.4) is 0 Å². The molecule has 2 aromatic carbocycles. The zero-order valence-electron chi connectivity index (χ0n) is 14.7. The molecule has 8 nitrogen and oxygen atoms in total. The third kappa shape index (κ3) is 4.30. The van der Waals surface area contributed by atoms with Gasteiger partial charge in [0, 0.05) is 24.5 Å². The summed E-state index contributed by atoms with van der Waals surface area (Å²) in [7, 11) is 1.19. The van der Waals surface area contributed by atoms with Gasteiger partial charge in [-0.15, -0.1) is 0 Å². The van der Waals surface area contributed by atoms with Gasteiger partial charge in [-0.3, -0.25) is 10.1 Å². The number of benzene rings is 2. The molecule has 138 valence electrons. The van der Waals surface area contributed by atoms with E-state index in [4.69, 9.17) is 0 Å².